The lowest BCUT2D eigenvalue weighted by Crippen LogP contribution is -2.20. The van der Waals surface area contributed by atoms with Crippen LogP contribution in [0.25, 0.3) is 0 Å². The van der Waals surface area contributed by atoms with E-state index < -0.39 is 5.91 Å². The van der Waals surface area contributed by atoms with Crippen molar-refractivity contribution in [2.24, 2.45) is 5.73 Å². The molecule has 0 aliphatic heterocycles. The van der Waals surface area contributed by atoms with Crippen LogP contribution in [0.15, 0.2) is 12.1 Å². The molecule has 1 amide bonds. The minimum absolute atomic E-state index is 0. The van der Waals surface area contributed by atoms with E-state index in [2.05, 4.69) is 12.2 Å². The van der Waals surface area contributed by atoms with Crippen molar-refractivity contribution in [2.75, 3.05) is 20.3 Å². The van der Waals surface area contributed by atoms with Gasteiger partial charge in [0.05, 0.1) is 12.1 Å². The fraction of sp³-hybridized carbons (Fsp3) is 0.588. The average molecular weight is 379 g/mol. The lowest BCUT2D eigenvalue weighted by molar-refractivity contribution is -0.119. The molecule has 5 nitrogen and oxygen atoms in total. The van der Waals surface area contributed by atoms with Crippen LogP contribution >= 0.6 is 24.0 Å². The summed E-state index contributed by atoms with van der Waals surface area (Å²) in [6, 6.07) is 3.66. The Morgan fingerprint density at radius 1 is 1.25 bits per heavy atom. The summed E-state index contributed by atoms with van der Waals surface area (Å²) in [5, 5.41) is 3.81. The molecule has 1 rings (SSSR count). The average Bonchev–Trinajstić information content (AvgIpc) is 2.52. The maximum Gasteiger partial charge on any atom is 0.255 e. The molecule has 0 heterocycles. The summed E-state index contributed by atoms with van der Waals surface area (Å²) in [5.74, 6) is 0.284. The molecule has 0 saturated carbocycles. The Bertz CT molecular complexity index is 499. The van der Waals surface area contributed by atoms with Gasteiger partial charge in [-0.05, 0) is 30.7 Å². The van der Waals surface area contributed by atoms with E-state index in [0.29, 0.717) is 23.1 Å². The van der Waals surface area contributed by atoms with Gasteiger partial charge in [0.1, 0.15) is 0 Å². The van der Waals surface area contributed by atoms with Crippen LogP contribution in [0.4, 0.5) is 0 Å². The molecule has 7 heteroatoms. The van der Waals surface area contributed by atoms with Gasteiger partial charge in [-0.3, -0.25) is 4.79 Å². The minimum Gasteiger partial charge on any atom is -0.493 e. The molecule has 0 unspecified atom stereocenters. The first-order chi connectivity index (χ1) is 11.1. The van der Waals surface area contributed by atoms with Crippen LogP contribution < -0.4 is 20.5 Å². The van der Waals surface area contributed by atoms with Gasteiger partial charge in [-0.25, -0.2) is 0 Å². The molecule has 0 aliphatic rings. The third kappa shape index (κ3) is 8.62. The molecule has 0 fully saturated rings. The first-order valence-electron chi connectivity index (χ1n) is 8.06. The number of methoxy groups -OCH3 is 1. The van der Waals surface area contributed by atoms with Crippen molar-refractivity contribution >= 4 is 29.9 Å². The van der Waals surface area contributed by atoms with Crippen molar-refractivity contribution in [1.82, 2.24) is 5.32 Å². The topological polar surface area (TPSA) is 73.6 Å². The molecule has 0 radical (unpaired) electrons. The Kier molecular flexibility index (Phi) is 12.5. The van der Waals surface area contributed by atoms with Gasteiger partial charge in [-0.2, -0.15) is 0 Å². The number of nitrogens with two attached hydrogens (primary N) is 1. The minimum atomic E-state index is -0.558. The number of amides is 1. The molecule has 0 saturated heterocycles. The van der Waals surface area contributed by atoms with Gasteiger partial charge < -0.3 is 20.5 Å². The maximum absolute atomic E-state index is 10.8. The second-order valence-electron chi connectivity index (χ2n) is 5.46. The Morgan fingerprint density at radius 3 is 2.58 bits per heavy atom. The van der Waals surface area contributed by atoms with E-state index in [-0.39, 0.29) is 19.0 Å². The molecule has 24 heavy (non-hydrogen) atoms. The van der Waals surface area contributed by atoms with E-state index in [9.17, 15) is 4.79 Å². The molecule has 0 bridgehead atoms. The molecular formula is C17H28Cl2N2O3. The van der Waals surface area contributed by atoms with Crippen molar-refractivity contribution in [3.63, 3.8) is 0 Å². The first-order valence-corrected chi connectivity index (χ1v) is 8.44. The highest BCUT2D eigenvalue weighted by atomic mass is 35.5. The second kappa shape index (κ2) is 13.2. The Labute approximate surface area is 155 Å². The third-order valence-electron chi connectivity index (χ3n) is 3.43. The summed E-state index contributed by atoms with van der Waals surface area (Å²) in [5.41, 5.74) is 6.08. The highest BCUT2D eigenvalue weighted by Crippen LogP contribution is 2.36. The molecule has 0 aliphatic carbocycles. The summed E-state index contributed by atoms with van der Waals surface area (Å²) in [7, 11) is 1.54. The fourth-order valence-electron chi connectivity index (χ4n) is 2.24. The molecule has 3 N–H and O–H groups in total. The molecule has 0 aromatic heterocycles. The lowest BCUT2D eigenvalue weighted by atomic mass is 10.1. The van der Waals surface area contributed by atoms with Crippen LogP contribution in [0.2, 0.25) is 5.02 Å². The standard InChI is InChI=1S/C17H27ClN2O3.ClH/c1-3-4-5-6-7-8-20-11-13-9-14(18)17(15(10-13)22-2)23-12-16(19)21;/h9-10,20H,3-8,11-12H2,1-2H3,(H2,19,21);1H. The summed E-state index contributed by atoms with van der Waals surface area (Å²) in [6.07, 6.45) is 6.29. The number of benzene rings is 1. The zero-order valence-electron chi connectivity index (χ0n) is 14.4. The molecule has 0 spiro atoms. The fourth-order valence-corrected chi connectivity index (χ4v) is 2.53. The zero-order chi connectivity index (χ0) is 17.1. The number of nitrogens with one attached hydrogen (secondary N) is 1. The number of hydrogen-bond acceptors (Lipinski definition) is 4. The predicted molar refractivity (Wildman–Crippen MR) is 100 cm³/mol. The van der Waals surface area contributed by atoms with E-state index in [4.69, 9.17) is 26.8 Å². The van der Waals surface area contributed by atoms with E-state index in [1.54, 1.807) is 0 Å². The van der Waals surface area contributed by atoms with Crippen LogP contribution in [0.3, 0.4) is 0 Å². The summed E-state index contributed by atoms with van der Waals surface area (Å²) in [6.45, 7) is 3.67. The van der Waals surface area contributed by atoms with Gasteiger partial charge in [-0.15, -0.1) is 12.4 Å². The maximum atomic E-state index is 10.8. The van der Waals surface area contributed by atoms with Gasteiger partial charge in [0, 0.05) is 6.54 Å². The quantitative estimate of drug-likeness (QED) is 0.543. The largest absolute Gasteiger partial charge is 0.493 e. The second-order valence-corrected chi connectivity index (χ2v) is 5.86. The Morgan fingerprint density at radius 2 is 1.96 bits per heavy atom. The van der Waals surface area contributed by atoms with E-state index in [1.165, 1.54) is 39.2 Å². The number of unbranched alkanes of at least 4 members (excludes halogenated alkanes) is 4. The smallest absolute Gasteiger partial charge is 0.255 e. The summed E-state index contributed by atoms with van der Waals surface area (Å²) >= 11 is 6.21. The monoisotopic (exact) mass is 378 g/mol. The Hall–Kier alpha value is -1.17. The van der Waals surface area contributed by atoms with Crippen molar-refractivity contribution in [1.29, 1.82) is 0 Å². The van der Waals surface area contributed by atoms with Crippen LogP contribution in [-0.4, -0.2) is 26.2 Å². The number of carbonyl (C=O) groups is 1. The third-order valence-corrected chi connectivity index (χ3v) is 3.71. The van der Waals surface area contributed by atoms with Crippen LogP contribution in [0.5, 0.6) is 11.5 Å². The predicted octanol–water partition coefficient (Wildman–Crippen LogP) is 3.69. The van der Waals surface area contributed by atoms with Crippen LogP contribution in [-0.2, 0) is 11.3 Å². The number of halogens is 2. The molecule has 1 aromatic carbocycles. The number of hydrogen-bond donors (Lipinski definition) is 2. The molecular weight excluding hydrogens is 351 g/mol. The summed E-state index contributed by atoms with van der Waals surface area (Å²) < 4.78 is 10.6. The highest BCUT2D eigenvalue weighted by molar-refractivity contribution is 6.32. The normalized spacial score (nSPS) is 10.1. The van der Waals surface area contributed by atoms with Crippen molar-refractivity contribution < 1.29 is 14.3 Å². The van der Waals surface area contributed by atoms with Crippen LogP contribution in [0.1, 0.15) is 44.6 Å². The number of primary amides is 1. The Balaban J connectivity index is 0.00000529. The number of rotatable bonds is 12. The number of ether oxygens (including phenoxy) is 2. The lowest BCUT2D eigenvalue weighted by Gasteiger charge is -2.13. The van der Waals surface area contributed by atoms with Gasteiger partial charge in [0.2, 0.25) is 0 Å². The van der Waals surface area contributed by atoms with E-state index in [0.717, 1.165) is 12.1 Å². The van der Waals surface area contributed by atoms with E-state index in [1.807, 2.05) is 12.1 Å². The van der Waals surface area contributed by atoms with Gasteiger partial charge >= 0.3 is 0 Å². The molecule has 1 aromatic rings. The number of carbonyl (C=O) groups excluding carboxylic acids is 1. The van der Waals surface area contributed by atoms with Gasteiger partial charge in [0.25, 0.3) is 5.91 Å². The molecule has 0 atom stereocenters. The first kappa shape index (κ1) is 22.8. The van der Waals surface area contributed by atoms with Gasteiger partial charge in [0.15, 0.2) is 18.1 Å². The SMILES string of the molecule is CCCCCCCNCc1cc(Cl)c(OCC(N)=O)c(OC)c1.Cl. The van der Waals surface area contributed by atoms with Crippen molar-refractivity contribution in [3.8, 4) is 11.5 Å². The van der Waals surface area contributed by atoms with Crippen molar-refractivity contribution in [3.05, 3.63) is 22.7 Å². The van der Waals surface area contributed by atoms with Gasteiger partial charge in [-0.1, -0.05) is 44.2 Å². The zero-order valence-corrected chi connectivity index (χ0v) is 16.0. The van der Waals surface area contributed by atoms with Crippen molar-refractivity contribution in [2.45, 2.75) is 45.6 Å². The highest BCUT2D eigenvalue weighted by Gasteiger charge is 2.13. The molecule has 138 valence electrons. The summed E-state index contributed by atoms with van der Waals surface area (Å²) in [4.78, 5) is 10.8. The van der Waals surface area contributed by atoms with Crippen LogP contribution in [0, 0.1) is 0 Å². The van der Waals surface area contributed by atoms with E-state index >= 15 is 0 Å².